The van der Waals surface area contributed by atoms with E-state index in [0.717, 1.165) is 4.57 Å². The highest BCUT2D eigenvalue weighted by Crippen LogP contribution is 2.55. The topological polar surface area (TPSA) is 40.9 Å². The molecule has 0 unspecified atom stereocenters. The van der Waals surface area contributed by atoms with Gasteiger partial charge in [0.1, 0.15) is 5.54 Å². The van der Waals surface area contributed by atoms with Crippen molar-refractivity contribution in [3.63, 3.8) is 0 Å². The maximum Gasteiger partial charge on any atom is 0.412 e. The zero-order valence-corrected chi connectivity index (χ0v) is 8.45. The molecule has 0 atom stereocenters. The minimum Gasteiger partial charge on any atom is -0.390 e. The van der Waals surface area contributed by atoms with Crippen molar-refractivity contribution in [2.45, 2.75) is 31.2 Å². The van der Waals surface area contributed by atoms with Crippen LogP contribution in [0.5, 0.6) is 0 Å². The fourth-order valence-electron chi connectivity index (χ4n) is 1.74. The molecule has 2 rings (SSSR count). The Bertz CT molecular complexity index is 430. The number of aromatic amines is 1. The molecule has 0 saturated heterocycles. The summed E-state index contributed by atoms with van der Waals surface area (Å²) in [5, 5.41) is 8.93. The Morgan fingerprint density at radius 1 is 1.53 bits per heavy atom. The van der Waals surface area contributed by atoms with Crippen LogP contribution in [0.25, 0.3) is 0 Å². The molecule has 1 fully saturated rings. The lowest BCUT2D eigenvalue weighted by Crippen LogP contribution is -2.36. The van der Waals surface area contributed by atoms with Crippen LogP contribution in [0.15, 0.2) is 6.20 Å². The molecule has 3 nitrogen and oxygen atoms in total. The number of aliphatic hydroxyl groups excluding tert-OH is 1. The number of nitrogens with zero attached hydrogens (tertiary/aromatic N) is 1. The van der Waals surface area contributed by atoms with Crippen LogP contribution in [-0.2, 0) is 12.1 Å². The molecule has 1 aromatic rings. The van der Waals surface area contributed by atoms with E-state index >= 15 is 0 Å². The smallest absolute Gasteiger partial charge is 0.390 e. The van der Waals surface area contributed by atoms with E-state index in [4.69, 9.17) is 17.3 Å². The summed E-state index contributed by atoms with van der Waals surface area (Å²) in [6.45, 7) is -0.453. The Balaban J connectivity index is 2.55. The first-order chi connectivity index (χ1) is 6.92. The molecule has 15 heavy (non-hydrogen) atoms. The zero-order chi connectivity index (χ0) is 11.3. The van der Waals surface area contributed by atoms with Crippen molar-refractivity contribution < 1.29 is 18.3 Å². The first-order valence-electron chi connectivity index (χ1n) is 4.40. The van der Waals surface area contributed by atoms with Crippen molar-refractivity contribution in [3.8, 4) is 0 Å². The highest BCUT2D eigenvalue weighted by Gasteiger charge is 2.65. The maximum absolute atomic E-state index is 12.8. The fraction of sp³-hybridized carbons (Fsp3) is 0.625. The second-order valence-corrected chi connectivity index (χ2v) is 3.99. The summed E-state index contributed by atoms with van der Waals surface area (Å²) in [7, 11) is 0. The van der Waals surface area contributed by atoms with Crippen LogP contribution in [0.4, 0.5) is 13.2 Å². The molecule has 0 aliphatic heterocycles. The molecule has 84 valence electrons. The first-order valence-corrected chi connectivity index (χ1v) is 4.80. The average molecular weight is 238 g/mol. The van der Waals surface area contributed by atoms with Gasteiger partial charge in [-0.15, -0.1) is 0 Å². The van der Waals surface area contributed by atoms with Gasteiger partial charge in [-0.1, -0.05) is 0 Å². The quantitative estimate of drug-likeness (QED) is 0.774. The number of imidazole rings is 1. The Morgan fingerprint density at radius 3 is 2.53 bits per heavy atom. The van der Waals surface area contributed by atoms with Crippen LogP contribution in [-0.4, -0.2) is 20.8 Å². The fourth-order valence-corrected chi connectivity index (χ4v) is 2.09. The molecular formula is C8H9F3N2OS. The van der Waals surface area contributed by atoms with E-state index in [9.17, 15) is 13.2 Å². The van der Waals surface area contributed by atoms with Gasteiger partial charge in [0.2, 0.25) is 0 Å². The molecule has 0 spiro atoms. The third-order valence-corrected chi connectivity index (χ3v) is 2.99. The number of halogens is 3. The van der Waals surface area contributed by atoms with Crippen molar-refractivity contribution in [2.24, 2.45) is 0 Å². The van der Waals surface area contributed by atoms with E-state index in [2.05, 4.69) is 4.98 Å². The lowest BCUT2D eigenvalue weighted by atomic mass is 10.2. The van der Waals surface area contributed by atoms with E-state index in [1.807, 2.05) is 0 Å². The van der Waals surface area contributed by atoms with Gasteiger partial charge < -0.3 is 14.7 Å². The molecule has 7 heteroatoms. The number of hydrogen-bond acceptors (Lipinski definition) is 2. The molecule has 0 bridgehead atoms. The van der Waals surface area contributed by atoms with Crippen LogP contribution in [0.2, 0.25) is 0 Å². The number of aromatic nitrogens is 2. The minimum absolute atomic E-state index is 0.00822. The van der Waals surface area contributed by atoms with Crippen molar-refractivity contribution in [2.75, 3.05) is 0 Å². The highest BCUT2D eigenvalue weighted by atomic mass is 32.1. The predicted molar refractivity (Wildman–Crippen MR) is 48.8 cm³/mol. The van der Waals surface area contributed by atoms with Crippen LogP contribution in [0.1, 0.15) is 18.5 Å². The minimum atomic E-state index is -4.32. The van der Waals surface area contributed by atoms with Crippen molar-refractivity contribution in [3.05, 3.63) is 16.7 Å². The molecule has 1 heterocycles. The predicted octanol–water partition coefficient (Wildman–Crippen LogP) is 2.09. The monoisotopic (exact) mass is 238 g/mol. The van der Waals surface area contributed by atoms with Gasteiger partial charge in [0.05, 0.1) is 12.3 Å². The maximum atomic E-state index is 12.8. The SMILES string of the molecule is OCc1c[nH]c(=S)n1C1(C(F)(F)F)CC1. The number of hydrogen-bond donors (Lipinski definition) is 2. The summed E-state index contributed by atoms with van der Waals surface area (Å²) in [4.78, 5) is 2.52. The Labute approximate surface area is 88.5 Å². The van der Waals surface area contributed by atoms with Crippen LogP contribution >= 0.6 is 12.2 Å². The summed E-state index contributed by atoms with van der Waals surface area (Å²) in [5.74, 6) is 0. The van der Waals surface area contributed by atoms with Gasteiger partial charge in [0.25, 0.3) is 0 Å². The molecule has 0 amide bonds. The van der Waals surface area contributed by atoms with Crippen LogP contribution in [0, 0.1) is 4.77 Å². The van der Waals surface area contributed by atoms with Gasteiger partial charge in [-0.05, 0) is 25.1 Å². The van der Waals surface area contributed by atoms with Gasteiger partial charge in [0, 0.05) is 6.20 Å². The van der Waals surface area contributed by atoms with Crippen LogP contribution in [0.3, 0.4) is 0 Å². The van der Waals surface area contributed by atoms with Crippen molar-refractivity contribution in [1.82, 2.24) is 9.55 Å². The van der Waals surface area contributed by atoms with E-state index in [-0.39, 0.29) is 23.3 Å². The van der Waals surface area contributed by atoms with E-state index in [1.54, 1.807) is 0 Å². The van der Waals surface area contributed by atoms with Gasteiger partial charge in [0.15, 0.2) is 4.77 Å². The van der Waals surface area contributed by atoms with Gasteiger partial charge in [-0.3, -0.25) is 0 Å². The molecule has 1 saturated carbocycles. The van der Waals surface area contributed by atoms with E-state index in [0.29, 0.717) is 0 Å². The third kappa shape index (κ3) is 1.41. The first kappa shape index (κ1) is 10.7. The highest BCUT2D eigenvalue weighted by molar-refractivity contribution is 7.71. The average Bonchev–Trinajstić information content (AvgIpc) is 2.85. The summed E-state index contributed by atoms with van der Waals surface area (Å²) < 4.78 is 39.4. The van der Waals surface area contributed by atoms with Gasteiger partial charge in [-0.25, -0.2) is 0 Å². The lowest BCUT2D eigenvalue weighted by molar-refractivity contribution is -0.181. The largest absolute Gasteiger partial charge is 0.412 e. The Kier molecular flexibility index (Phi) is 2.20. The molecular weight excluding hydrogens is 229 g/mol. The summed E-state index contributed by atoms with van der Waals surface area (Å²) in [6, 6.07) is 0. The third-order valence-electron chi connectivity index (χ3n) is 2.69. The van der Waals surface area contributed by atoms with E-state index < -0.39 is 18.3 Å². The number of nitrogens with one attached hydrogen (secondary N) is 1. The molecule has 1 aliphatic carbocycles. The molecule has 1 aromatic heterocycles. The number of H-pyrrole nitrogens is 1. The second-order valence-electron chi connectivity index (χ2n) is 3.61. The standard InChI is InChI=1S/C8H9F3N2OS/c9-8(10,11)7(1-2-7)13-5(4-14)3-12-6(13)15/h3,14H,1-2,4H2,(H,12,15). The lowest BCUT2D eigenvalue weighted by Gasteiger charge is -2.22. The summed E-state index contributed by atoms with van der Waals surface area (Å²) in [6.07, 6.45) is -2.96. The molecule has 1 aliphatic rings. The molecule has 0 aromatic carbocycles. The molecule has 2 N–H and O–H groups in total. The Morgan fingerprint density at radius 2 is 2.13 bits per heavy atom. The van der Waals surface area contributed by atoms with E-state index in [1.165, 1.54) is 6.20 Å². The number of alkyl halides is 3. The Hall–Kier alpha value is -0.820. The second kappa shape index (κ2) is 3.08. The normalized spacial score (nSPS) is 19.2. The van der Waals surface area contributed by atoms with Crippen molar-refractivity contribution in [1.29, 1.82) is 0 Å². The number of aliphatic hydroxyl groups is 1. The molecule has 0 radical (unpaired) electrons. The summed E-state index contributed by atoms with van der Waals surface area (Å²) in [5.41, 5.74) is -1.71. The van der Waals surface area contributed by atoms with Crippen molar-refractivity contribution >= 4 is 12.2 Å². The zero-order valence-electron chi connectivity index (χ0n) is 7.64. The van der Waals surface area contributed by atoms with Gasteiger partial charge in [-0.2, -0.15) is 13.2 Å². The van der Waals surface area contributed by atoms with Crippen LogP contribution < -0.4 is 0 Å². The number of rotatable bonds is 2. The summed E-state index contributed by atoms with van der Waals surface area (Å²) >= 11 is 4.79. The van der Waals surface area contributed by atoms with Gasteiger partial charge >= 0.3 is 6.18 Å².